The zero-order chi connectivity index (χ0) is 78.9. The van der Waals surface area contributed by atoms with Crippen molar-refractivity contribution in [3.63, 3.8) is 0 Å². The van der Waals surface area contributed by atoms with Crippen molar-refractivity contribution in [3.05, 3.63) is 400 Å². The van der Waals surface area contributed by atoms with Crippen LogP contribution in [0.15, 0.2) is 409 Å². The molecule has 0 saturated carbocycles. The predicted molar refractivity (Wildman–Crippen MR) is 494 cm³/mol. The van der Waals surface area contributed by atoms with E-state index in [0.717, 1.165) is 138 Å². The Morgan fingerprint density at radius 2 is 0.508 bits per heavy atom. The molecule has 558 valence electrons. The third kappa shape index (κ3) is 11.4. The van der Waals surface area contributed by atoms with Gasteiger partial charge < -0.3 is 18.0 Å². The van der Waals surface area contributed by atoms with Crippen LogP contribution in [0.3, 0.4) is 0 Å². The molecule has 120 heavy (non-hydrogen) atoms. The zero-order valence-corrected chi connectivity index (χ0v) is 64.5. The third-order valence-electron chi connectivity index (χ3n) is 23.8. The third-order valence-corrected chi connectivity index (χ3v) is 23.8. The van der Waals surface area contributed by atoms with Crippen LogP contribution in [0.1, 0.15) is 0 Å². The summed E-state index contributed by atoms with van der Waals surface area (Å²) in [6.45, 7) is 0. The summed E-state index contributed by atoms with van der Waals surface area (Å²) >= 11 is 0. The first-order valence-corrected chi connectivity index (χ1v) is 40.4. The van der Waals surface area contributed by atoms with Gasteiger partial charge >= 0.3 is 0 Å². The summed E-state index contributed by atoms with van der Waals surface area (Å²) < 4.78 is 18.5. The van der Waals surface area contributed by atoms with Crippen molar-refractivity contribution >= 4 is 141 Å². The molecule has 6 heterocycles. The lowest BCUT2D eigenvalue weighted by molar-refractivity contribution is 0.669. The maximum Gasteiger partial charge on any atom is 0.164 e. The fourth-order valence-electron chi connectivity index (χ4n) is 18.0. The van der Waals surface area contributed by atoms with Crippen LogP contribution in [-0.4, -0.2) is 39.0 Å². The summed E-state index contributed by atoms with van der Waals surface area (Å²) in [4.78, 5) is 30.3. The molecule has 10 heteroatoms. The normalized spacial score (nSPS) is 11.8. The van der Waals surface area contributed by atoms with Gasteiger partial charge in [0.1, 0.15) is 22.3 Å². The summed E-state index contributed by atoms with van der Waals surface area (Å²) in [6, 6.07) is 141. The van der Waals surface area contributed by atoms with Crippen LogP contribution >= 0.6 is 0 Å². The highest BCUT2D eigenvalue weighted by molar-refractivity contribution is 6.23. The topological polar surface area (TPSA) is 113 Å². The van der Waals surface area contributed by atoms with Gasteiger partial charge in [-0.05, 0) is 138 Å². The Labute approximate surface area is 687 Å². The Balaban J connectivity index is 0.000000137. The van der Waals surface area contributed by atoms with Crippen molar-refractivity contribution in [2.75, 3.05) is 0 Å². The molecule has 0 aliphatic rings. The lowest BCUT2D eigenvalue weighted by atomic mass is 9.99. The molecule has 0 saturated heterocycles. The highest BCUT2D eigenvalue weighted by Crippen LogP contribution is 2.47. The van der Waals surface area contributed by atoms with Crippen LogP contribution in [-0.2, 0) is 0 Å². The SMILES string of the molecule is c1ccc(-c2nc(-c3ccc(-c4ccc(-n5c6ccccc6c6cc7ccccc7cc65)c5c4oc4ccccc45)cc3)nc(-c3ccc4ccccc4c3)n2)cc1.c1ccc2cc(-c3nc(-c4ccc(-c5ccc(-n6c7ccccc7c7ccc8ccccc8c76)c6c5oc5ccccc56)cc4)nc(-c4ccc5ccccc5c4)n3)ccc2c1. The van der Waals surface area contributed by atoms with E-state index in [1.165, 1.54) is 70.3 Å². The van der Waals surface area contributed by atoms with Gasteiger partial charge in [-0.15, -0.1) is 0 Å². The number of aromatic nitrogens is 8. The minimum absolute atomic E-state index is 0.612. The molecule has 25 rings (SSSR count). The molecule has 0 aliphatic heterocycles. The van der Waals surface area contributed by atoms with Gasteiger partial charge in [0.05, 0.1) is 44.2 Å². The summed E-state index contributed by atoms with van der Waals surface area (Å²) in [6.07, 6.45) is 0. The number of furan rings is 2. The maximum atomic E-state index is 6.85. The number of hydrogen-bond donors (Lipinski definition) is 0. The molecule has 0 bridgehead atoms. The number of fused-ring (bicyclic) bond motifs is 18. The van der Waals surface area contributed by atoms with E-state index in [2.05, 4.69) is 367 Å². The van der Waals surface area contributed by atoms with Crippen molar-refractivity contribution in [1.29, 1.82) is 0 Å². The molecule has 0 N–H and O–H groups in total. The molecule has 0 fully saturated rings. The number of nitrogens with zero attached hydrogens (tertiary/aromatic N) is 8. The number of rotatable bonds is 10. The van der Waals surface area contributed by atoms with E-state index in [-0.39, 0.29) is 0 Å². The molecule has 0 spiro atoms. The second-order valence-electron chi connectivity index (χ2n) is 30.8. The summed E-state index contributed by atoms with van der Waals surface area (Å²) in [5, 5.41) is 21.0. The van der Waals surface area contributed by atoms with Gasteiger partial charge in [0.15, 0.2) is 34.9 Å². The minimum Gasteiger partial charge on any atom is -0.455 e. The predicted octanol–water partition coefficient (Wildman–Crippen LogP) is 28.8. The fourth-order valence-corrected chi connectivity index (χ4v) is 18.0. The van der Waals surface area contributed by atoms with Crippen molar-refractivity contribution in [1.82, 2.24) is 39.0 Å². The lowest BCUT2D eigenvalue weighted by Crippen LogP contribution is -2.00. The molecular weight excluding hydrogens is 1470 g/mol. The smallest absolute Gasteiger partial charge is 0.164 e. The Bertz CT molecular complexity index is 8390. The molecule has 0 unspecified atom stereocenters. The minimum atomic E-state index is 0.612. The van der Waals surface area contributed by atoms with Gasteiger partial charge in [-0.3, -0.25) is 0 Å². The largest absolute Gasteiger partial charge is 0.455 e. The molecule has 19 aromatic carbocycles. The fraction of sp³-hybridized carbons (Fsp3) is 0. The maximum absolute atomic E-state index is 6.85. The highest BCUT2D eigenvalue weighted by Gasteiger charge is 2.26. The summed E-state index contributed by atoms with van der Waals surface area (Å²) in [5.74, 6) is 3.76. The Morgan fingerprint density at radius 1 is 0.183 bits per heavy atom. The average Bonchev–Trinajstić information content (AvgIpc) is 1.56. The van der Waals surface area contributed by atoms with Crippen molar-refractivity contribution in [3.8, 4) is 102 Å². The van der Waals surface area contributed by atoms with Gasteiger partial charge in [-0.1, -0.05) is 322 Å². The number of benzene rings is 19. The Kier molecular flexibility index (Phi) is 15.7. The van der Waals surface area contributed by atoms with E-state index < -0.39 is 0 Å². The standard InChI is InChI=1S/C57H34N4O.C53H32N4O/c1-3-14-40-33-42(27-21-35(40)11-1)56-58-55(59-57(60-56)43-28-22-36-12-2-4-15-41(36)34-43)39-25-23-38(24-26-39)45-31-32-50(52-48-18-8-10-20-51(48)62-54(45)52)61-49-19-9-7-17-46(49)47-30-29-37-13-5-6-16-44(37)53(47)61;1-2-13-35(14-3-1)51-54-52(56-53(55-51)40-27-22-33-12-4-5-15-37(33)30-40)36-25-23-34(24-26-36)41-28-29-46(49-43-19-9-11-21-48(43)58-50(41)49)57-45-20-10-8-18-42(45)44-31-38-16-6-7-17-39(38)32-47(44)57/h1-34H;1-32H. The highest BCUT2D eigenvalue weighted by atomic mass is 16.3. The number of hydrogen-bond acceptors (Lipinski definition) is 8. The quantitative estimate of drug-likeness (QED) is 0.133. The van der Waals surface area contributed by atoms with Gasteiger partial charge in [0.25, 0.3) is 0 Å². The first-order chi connectivity index (χ1) is 59.4. The molecule has 6 aromatic heterocycles. The van der Waals surface area contributed by atoms with Crippen LogP contribution in [0.2, 0.25) is 0 Å². The molecule has 10 nitrogen and oxygen atoms in total. The van der Waals surface area contributed by atoms with Gasteiger partial charge in [0.2, 0.25) is 0 Å². The van der Waals surface area contributed by atoms with Crippen molar-refractivity contribution in [2.24, 2.45) is 0 Å². The van der Waals surface area contributed by atoms with Gasteiger partial charge in [-0.25, -0.2) is 29.9 Å². The van der Waals surface area contributed by atoms with E-state index in [1.54, 1.807) is 0 Å². The Morgan fingerprint density at radius 3 is 0.983 bits per heavy atom. The Hall–Kier alpha value is -16.3. The van der Waals surface area contributed by atoms with Crippen molar-refractivity contribution < 1.29 is 8.83 Å². The molecule has 0 amide bonds. The van der Waals surface area contributed by atoms with E-state index in [1.807, 2.05) is 42.5 Å². The molecule has 0 atom stereocenters. The first-order valence-electron chi connectivity index (χ1n) is 40.4. The van der Waals surface area contributed by atoms with Crippen LogP contribution in [0, 0.1) is 0 Å². The second kappa shape index (κ2) is 27.7. The monoisotopic (exact) mass is 1530 g/mol. The van der Waals surface area contributed by atoms with E-state index in [0.29, 0.717) is 34.9 Å². The van der Waals surface area contributed by atoms with Crippen LogP contribution in [0.4, 0.5) is 0 Å². The van der Waals surface area contributed by atoms with E-state index >= 15 is 0 Å². The van der Waals surface area contributed by atoms with Crippen LogP contribution < -0.4 is 0 Å². The average molecular weight is 1530 g/mol. The van der Waals surface area contributed by atoms with E-state index in [4.69, 9.17) is 38.7 Å². The lowest BCUT2D eigenvalue weighted by Gasteiger charge is -2.13. The molecule has 25 aromatic rings. The number of para-hydroxylation sites is 4. The second-order valence-corrected chi connectivity index (χ2v) is 30.8. The summed E-state index contributed by atoms with van der Waals surface area (Å²) in [5.41, 5.74) is 19.9. The van der Waals surface area contributed by atoms with Crippen LogP contribution in [0.25, 0.3) is 243 Å². The van der Waals surface area contributed by atoms with Gasteiger partial charge in [0, 0.05) is 82.2 Å². The zero-order valence-electron chi connectivity index (χ0n) is 64.5. The molecule has 0 radical (unpaired) electrons. The van der Waals surface area contributed by atoms with E-state index in [9.17, 15) is 0 Å². The first kappa shape index (κ1) is 68.1. The van der Waals surface area contributed by atoms with Gasteiger partial charge in [-0.2, -0.15) is 0 Å². The van der Waals surface area contributed by atoms with Crippen molar-refractivity contribution in [2.45, 2.75) is 0 Å². The molecule has 0 aliphatic carbocycles. The summed E-state index contributed by atoms with van der Waals surface area (Å²) in [7, 11) is 0. The van der Waals surface area contributed by atoms with Crippen LogP contribution in [0.5, 0.6) is 0 Å². The molecular formula is C110H66N8O2.